The third-order valence-corrected chi connectivity index (χ3v) is 6.13. The van der Waals surface area contributed by atoms with Gasteiger partial charge in [-0.3, -0.25) is 9.69 Å². The molecule has 5 rings (SSSR count). The lowest BCUT2D eigenvalue weighted by molar-refractivity contribution is 0.0332. The van der Waals surface area contributed by atoms with Crippen molar-refractivity contribution in [3.8, 4) is 11.6 Å². The first-order valence-corrected chi connectivity index (χ1v) is 12.1. The second kappa shape index (κ2) is 11.8. The molecule has 2 aromatic heterocycles. The van der Waals surface area contributed by atoms with Crippen molar-refractivity contribution in [2.24, 2.45) is 5.10 Å². The van der Waals surface area contributed by atoms with E-state index in [1.54, 1.807) is 0 Å². The van der Waals surface area contributed by atoms with Crippen molar-refractivity contribution in [3.63, 3.8) is 0 Å². The molecule has 0 bridgehead atoms. The van der Waals surface area contributed by atoms with Gasteiger partial charge < -0.3 is 15.2 Å². The van der Waals surface area contributed by atoms with Crippen molar-refractivity contribution < 1.29 is 18.9 Å². The molecule has 0 atom stereocenters. The van der Waals surface area contributed by atoms with Gasteiger partial charge in [-0.2, -0.15) is 9.78 Å². The quantitative estimate of drug-likeness (QED) is 0.239. The van der Waals surface area contributed by atoms with Crippen molar-refractivity contribution in [1.29, 1.82) is 0 Å². The highest BCUT2D eigenvalue weighted by Gasteiger charge is 2.26. The summed E-state index contributed by atoms with van der Waals surface area (Å²) in [4.78, 5) is 15.1. The van der Waals surface area contributed by atoms with E-state index in [4.69, 9.17) is 31.4 Å². The molecule has 0 unspecified atom stereocenters. The minimum absolute atomic E-state index is 0.0300. The van der Waals surface area contributed by atoms with Crippen molar-refractivity contribution in [2.45, 2.75) is 13.2 Å². The van der Waals surface area contributed by atoms with Crippen LogP contribution in [0, 0.1) is 0 Å². The molecular weight excluding hydrogens is 514 g/mol. The van der Waals surface area contributed by atoms with Crippen LogP contribution >= 0.6 is 11.6 Å². The molecule has 0 saturated carbocycles. The average molecular weight is 538 g/mol. The number of carbonyl (C=O) groups excluding carboxylic acids is 1. The fraction of sp³-hybridized carbons (Fsp3) is 0.250. The maximum absolute atomic E-state index is 13.0. The van der Waals surface area contributed by atoms with Crippen LogP contribution in [0.1, 0.15) is 27.3 Å². The molecule has 4 aromatic rings. The molecule has 0 radical (unpaired) electrons. The normalized spacial score (nSPS) is 14.1. The number of nitrogens with one attached hydrogen (secondary N) is 1. The van der Waals surface area contributed by atoms with Gasteiger partial charge in [-0.05, 0) is 46.2 Å². The van der Waals surface area contributed by atoms with E-state index in [2.05, 4.69) is 36.1 Å². The summed E-state index contributed by atoms with van der Waals surface area (Å²) < 4.78 is 17.2. The first-order valence-electron chi connectivity index (χ1n) is 11.7. The highest BCUT2D eigenvalue weighted by atomic mass is 35.5. The number of ether oxygens (including phenoxy) is 2. The summed E-state index contributed by atoms with van der Waals surface area (Å²) in [7, 11) is 0. The number of halogens is 1. The number of carbonyl (C=O) groups is 1. The van der Waals surface area contributed by atoms with Crippen LogP contribution in [0.15, 0.2) is 58.3 Å². The number of benzene rings is 2. The molecule has 1 fully saturated rings. The predicted molar refractivity (Wildman–Crippen MR) is 137 cm³/mol. The van der Waals surface area contributed by atoms with Gasteiger partial charge in [0.05, 0.1) is 25.1 Å². The van der Waals surface area contributed by atoms with Crippen LogP contribution in [0.5, 0.6) is 5.75 Å². The van der Waals surface area contributed by atoms with Crippen LogP contribution in [0.3, 0.4) is 0 Å². The number of hydrogen-bond donors (Lipinski definition) is 2. The highest BCUT2D eigenvalue weighted by Crippen LogP contribution is 2.20. The molecule has 1 aliphatic heterocycles. The Labute approximate surface area is 222 Å². The maximum atomic E-state index is 13.0. The third kappa shape index (κ3) is 5.96. The number of amides is 1. The first-order chi connectivity index (χ1) is 18.6. The van der Waals surface area contributed by atoms with Crippen molar-refractivity contribution >= 4 is 29.5 Å². The second-order valence-corrected chi connectivity index (χ2v) is 8.71. The Balaban J connectivity index is 1.24. The molecule has 14 heteroatoms. The number of morpholine rings is 1. The van der Waals surface area contributed by atoms with E-state index in [-0.39, 0.29) is 17.3 Å². The van der Waals surface area contributed by atoms with Crippen LogP contribution in [0.4, 0.5) is 5.82 Å². The second-order valence-electron chi connectivity index (χ2n) is 8.31. The molecule has 0 spiro atoms. The molecule has 1 saturated heterocycles. The fourth-order valence-corrected chi connectivity index (χ4v) is 3.93. The molecular formula is C24H24ClN9O4. The number of hydrazone groups is 1. The van der Waals surface area contributed by atoms with Crippen LogP contribution < -0.4 is 15.9 Å². The van der Waals surface area contributed by atoms with Gasteiger partial charge in [0, 0.05) is 30.2 Å². The standard InChI is InChI=1S/C24H24ClN9O4/c25-19-4-2-1-3-17(19)15-37-18-7-5-16(6-8-18)13-27-29-24(35)21-20(14-33-9-11-36-12-10-33)34(32-28-21)23-22(26)30-38-31-23/h1-8,13H,9-12,14-15H2,(H2,26,30)(H,29,35)/b27-13+. The SMILES string of the molecule is Nc1nonc1-n1nnc(C(=O)N/N=C/c2ccc(OCc3ccccc3Cl)cc2)c1CN1CCOCC1. The Morgan fingerprint density at radius 3 is 2.68 bits per heavy atom. The topological polar surface area (TPSA) is 159 Å². The third-order valence-electron chi connectivity index (χ3n) is 5.76. The molecule has 1 aliphatic rings. The zero-order chi connectivity index (χ0) is 26.3. The van der Waals surface area contributed by atoms with Gasteiger partial charge in [0.15, 0.2) is 5.69 Å². The zero-order valence-corrected chi connectivity index (χ0v) is 20.9. The predicted octanol–water partition coefficient (Wildman–Crippen LogP) is 2.06. The number of nitrogens with zero attached hydrogens (tertiary/aromatic N) is 7. The van der Waals surface area contributed by atoms with E-state index >= 15 is 0 Å². The number of aromatic nitrogens is 5. The van der Waals surface area contributed by atoms with E-state index in [1.807, 2.05) is 48.5 Å². The summed E-state index contributed by atoms with van der Waals surface area (Å²) in [5, 5.41) is 20.2. The summed E-state index contributed by atoms with van der Waals surface area (Å²) in [6.07, 6.45) is 1.52. The minimum atomic E-state index is -0.537. The van der Waals surface area contributed by atoms with E-state index in [9.17, 15) is 4.79 Å². The van der Waals surface area contributed by atoms with Crippen LogP contribution in [-0.2, 0) is 17.9 Å². The average Bonchev–Trinajstić information content (AvgIpc) is 3.55. The molecule has 0 aliphatic carbocycles. The lowest BCUT2D eigenvalue weighted by atomic mass is 10.2. The van der Waals surface area contributed by atoms with Gasteiger partial charge in [-0.25, -0.2) is 10.1 Å². The van der Waals surface area contributed by atoms with Crippen LogP contribution in [0.25, 0.3) is 5.82 Å². The Bertz CT molecular complexity index is 1410. The van der Waals surface area contributed by atoms with Gasteiger partial charge >= 0.3 is 0 Å². The monoisotopic (exact) mass is 537 g/mol. The van der Waals surface area contributed by atoms with E-state index in [0.717, 1.165) is 11.1 Å². The van der Waals surface area contributed by atoms with Crippen molar-refractivity contribution in [2.75, 3.05) is 32.0 Å². The largest absolute Gasteiger partial charge is 0.489 e. The number of rotatable bonds is 9. The van der Waals surface area contributed by atoms with E-state index in [1.165, 1.54) is 10.9 Å². The summed E-state index contributed by atoms with van der Waals surface area (Å²) in [5.74, 6) is 0.324. The van der Waals surface area contributed by atoms with Crippen molar-refractivity contribution in [3.05, 3.63) is 76.1 Å². The van der Waals surface area contributed by atoms with Gasteiger partial charge in [-0.15, -0.1) is 5.10 Å². The minimum Gasteiger partial charge on any atom is -0.489 e. The van der Waals surface area contributed by atoms with Crippen molar-refractivity contribution in [1.82, 2.24) is 35.6 Å². The Morgan fingerprint density at radius 2 is 1.95 bits per heavy atom. The van der Waals surface area contributed by atoms with E-state index < -0.39 is 5.91 Å². The molecule has 196 valence electrons. The van der Waals surface area contributed by atoms with Gasteiger partial charge in [0.25, 0.3) is 5.91 Å². The molecule has 1 amide bonds. The molecule has 13 nitrogen and oxygen atoms in total. The molecule has 38 heavy (non-hydrogen) atoms. The Kier molecular flexibility index (Phi) is 7.87. The highest BCUT2D eigenvalue weighted by molar-refractivity contribution is 6.31. The summed E-state index contributed by atoms with van der Waals surface area (Å²) in [6, 6.07) is 14.8. The Hall–Kier alpha value is -4.33. The first kappa shape index (κ1) is 25.3. The summed E-state index contributed by atoms with van der Waals surface area (Å²) >= 11 is 6.17. The summed E-state index contributed by atoms with van der Waals surface area (Å²) in [6.45, 7) is 3.28. The number of nitrogens with two attached hydrogens (primary N) is 1. The fourth-order valence-electron chi connectivity index (χ4n) is 3.74. The molecule has 3 heterocycles. The van der Waals surface area contributed by atoms with E-state index in [0.29, 0.717) is 55.9 Å². The van der Waals surface area contributed by atoms with Gasteiger partial charge in [0.2, 0.25) is 11.6 Å². The van der Waals surface area contributed by atoms with Gasteiger partial charge in [-0.1, -0.05) is 35.0 Å². The van der Waals surface area contributed by atoms with Crippen LogP contribution in [0.2, 0.25) is 5.02 Å². The Morgan fingerprint density at radius 1 is 1.16 bits per heavy atom. The van der Waals surface area contributed by atoms with Crippen LogP contribution in [-0.4, -0.2) is 68.6 Å². The molecule has 2 aromatic carbocycles. The lowest BCUT2D eigenvalue weighted by Gasteiger charge is -2.26. The summed E-state index contributed by atoms with van der Waals surface area (Å²) in [5.41, 5.74) is 10.6. The number of hydrogen-bond acceptors (Lipinski definition) is 11. The smallest absolute Gasteiger partial charge is 0.293 e. The lowest BCUT2D eigenvalue weighted by Crippen LogP contribution is -2.37. The number of anilines is 1. The van der Waals surface area contributed by atoms with Gasteiger partial charge in [0.1, 0.15) is 12.4 Å². The zero-order valence-electron chi connectivity index (χ0n) is 20.2. The molecule has 3 N–H and O–H groups in total. The maximum Gasteiger partial charge on any atom is 0.293 e. The number of nitrogen functional groups attached to an aromatic ring is 1.